The highest BCUT2D eigenvalue weighted by atomic mass is 32.1. The molecule has 1 saturated carbocycles. The lowest BCUT2D eigenvalue weighted by atomic mass is 9.74. The van der Waals surface area contributed by atoms with Crippen molar-refractivity contribution in [2.24, 2.45) is 0 Å². The van der Waals surface area contributed by atoms with Crippen molar-refractivity contribution < 1.29 is 31.4 Å². The number of hydrogen-bond donors (Lipinski definition) is 1. The van der Waals surface area contributed by atoms with Crippen molar-refractivity contribution in [3.8, 4) is 0 Å². The normalized spacial score (nSPS) is 20.9. The van der Waals surface area contributed by atoms with Gasteiger partial charge in [0.15, 0.2) is 6.10 Å². The van der Waals surface area contributed by atoms with E-state index in [1.54, 1.807) is 0 Å². The molecule has 2 nitrogen and oxygen atoms in total. The molecule has 1 aromatic heterocycles. The summed E-state index contributed by atoms with van der Waals surface area (Å²) in [5.41, 5.74) is -2.39. The van der Waals surface area contributed by atoms with E-state index in [1.807, 2.05) is 0 Å². The van der Waals surface area contributed by atoms with E-state index in [0.717, 1.165) is 0 Å². The molecular weight excluding hydrogens is 332 g/mol. The maximum Gasteiger partial charge on any atom is 0.419 e. The Morgan fingerprint density at radius 2 is 1.64 bits per heavy atom. The van der Waals surface area contributed by atoms with Gasteiger partial charge in [0.05, 0.1) is 10.6 Å². The van der Waals surface area contributed by atoms with Crippen LogP contribution in [0.4, 0.5) is 26.3 Å². The Labute approximate surface area is 127 Å². The zero-order valence-corrected chi connectivity index (χ0v) is 12.5. The molecule has 0 amide bonds. The molecule has 1 atom stereocenters. The highest BCUT2D eigenvalue weighted by Gasteiger charge is 2.58. The van der Waals surface area contributed by atoms with Crippen molar-refractivity contribution in [3.05, 3.63) is 15.6 Å². The summed E-state index contributed by atoms with van der Waals surface area (Å²) in [5, 5.41) is 8.94. The molecule has 2 rings (SSSR count). The molecule has 0 bridgehead atoms. The number of hydrogen-bond acceptors (Lipinski definition) is 3. The number of aliphatic hydroxyl groups is 1. The first-order valence-corrected chi connectivity index (χ1v) is 7.60. The van der Waals surface area contributed by atoms with Crippen LogP contribution in [0.3, 0.4) is 0 Å². The van der Waals surface area contributed by atoms with Gasteiger partial charge in [-0.15, -0.1) is 11.3 Å². The topological polar surface area (TPSA) is 33.1 Å². The summed E-state index contributed by atoms with van der Waals surface area (Å²) >= 11 is 0.326. The van der Waals surface area contributed by atoms with Crippen LogP contribution in [0.15, 0.2) is 0 Å². The second-order valence-electron chi connectivity index (χ2n) is 5.55. The Bertz CT molecular complexity index is 530. The number of nitrogens with zero attached hydrogens (tertiary/aromatic N) is 1. The fraction of sp³-hybridized carbons (Fsp3) is 0.769. The van der Waals surface area contributed by atoms with Crippen LogP contribution < -0.4 is 0 Å². The molecule has 1 aliphatic rings. The van der Waals surface area contributed by atoms with E-state index in [4.69, 9.17) is 0 Å². The summed E-state index contributed by atoms with van der Waals surface area (Å²) in [6.07, 6.45) is -11.3. The summed E-state index contributed by atoms with van der Waals surface area (Å²) in [4.78, 5) is 3.19. The molecule has 9 heteroatoms. The number of aromatic nitrogens is 1. The monoisotopic (exact) mass is 347 g/mol. The number of alkyl halides is 6. The molecule has 1 fully saturated rings. The number of rotatable bonds is 2. The number of aliphatic hydroxyl groups excluding tert-OH is 1. The Morgan fingerprint density at radius 1 is 1.09 bits per heavy atom. The second-order valence-corrected chi connectivity index (χ2v) is 6.58. The predicted octanol–water partition coefficient (Wildman–Crippen LogP) is 4.81. The smallest absolute Gasteiger partial charge is 0.379 e. The minimum absolute atomic E-state index is 0.176. The highest BCUT2D eigenvalue weighted by molar-refractivity contribution is 7.12. The van der Waals surface area contributed by atoms with E-state index in [9.17, 15) is 31.4 Å². The van der Waals surface area contributed by atoms with Crippen molar-refractivity contribution >= 4 is 11.3 Å². The molecule has 0 saturated heterocycles. The van der Waals surface area contributed by atoms with Crippen LogP contribution >= 0.6 is 11.3 Å². The van der Waals surface area contributed by atoms with Gasteiger partial charge in [-0.2, -0.15) is 26.3 Å². The second kappa shape index (κ2) is 5.67. The zero-order valence-electron chi connectivity index (χ0n) is 11.7. The number of thiazole rings is 1. The van der Waals surface area contributed by atoms with E-state index in [1.165, 1.54) is 6.92 Å². The zero-order chi connectivity index (χ0) is 16.8. The van der Waals surface area contributed by atoms with Crippen LogP contribution in [0, 0.1) is 6.92 Å². The average molecular weight is 347 g/mol. The van der Waals surface area contributed by atoms with Gasteiger partial charge in [0.2, 0.25) is 0 Å². The van der Waals surface area contributed by atoms with Gasteiger partial charge >= 0.3 is 12.4 Å². The Morgan fingerprint density at radius 3 is 2.09 bits per heavy atom. The molecule has 0 aromatic carbocycles. The number of halogens is 6. The van der Waals surface area contributed by atoms with Crippen molar-refractivity contribution in [2.75, 3.05) is 0 Å². The number of aryl methyl sites for hydroxylation is 1. The summed E-state index contributed by atoms with van der Waals surface area (Å²) < 4.78 is 78.4. The molecule has 0 aliphatic heterocycles. The first-order chi connectivity index (χ1) is 9.99. The minimum atomic E-state index is -4.92. The molecular formula is C13H15F6NOS. The molecule has 1 aromatic rings. The average Bonchev–Trinajstić information content (AvgIpc) is 2.78. The van der Waals surface area contributed by atoms with Crippen LogP contribution in [-0.2, 0) is 5.41 Å². The first-order valence-electron chi connectivity index (χ1n) is 6.78. The standard InChI is InChI=1S/C13H15F6NOS/c1-7-8(9(21)12(14,15)16)22-10(20-7)11(13(17,18)19)5-3-2-4-6-11/h9,21H,2-6H2,1H3. The van der Waals surface area contributed by atoms with Gasteiger partial charge in [0.25, 0.3) is 0 Å². The van der Waals surface area contributed by atoms with Gasteiger partial charge in [-0.25, -0.2) is 4.98 Å². The summed E-state index contributed by atoms with van der Waals surface area (Å²) in [6.45, 7) is 1.19. The molecule has 1 N–H and O–H groups in total. The minimum Gasteiger partial charge on any atom is -0.379 e. The molecule has 22 heavy (non-hydrogen) atoms. The highest BCUT2D eigenvalue weighted by Crippen LogP contribution is 2.53. The van der Waals surface area contributed by atoms with Crippen molar-refractivity contribution in [3.63, 3.8) is 0 Å². The third kappa shape index (κ3) is 2.97. The van der Waals surface area contributed by atoms with Crippen LogP contribution in [-0.4, -0.2) is 22.4 Å². The molecule has 1 heterocycles. The lowest BCUT2D eigenvalue weighted by molar-refractivity contribution is -0.205. The Hall–Kier alpha value is -0.830. The van der Waals surface area contributed by atoms with E-state index < -0.39 is 28.7 Å². The van der Waals surface area contributed by atoms with Gasteiger partial charge in [0.1, 0.15) is 10.4 Å². The maximum atomic E-state index is 13.5. The van der Waals surface area contributed by atoms with Gasteiger partial charge in [-0.1, -0.05) is 19.3 Å². The molecule has 1 unspecified atom stereocenters. The first kappa shape index (κ1) is 17.5. The fourth-order valence-electron chi connectivity index (χ4n) is 2.79. The largest absolute Gasteiger partial charge is 0.419 e. The summed E-state index contributed by atoms with van der Waals surface area (Å²) in [6, 6.07) is 0. The van der Waals surface area contributed by atoms with Crippen LogP contribution in [0.2, 0.25) is 0 Å². The van der Waals surface area contributed by atoms with E-state index in [2.05, 4.69) is 4.98 Å². The molecule has 0 radical (unpaired) electrons. The SMILES string of the molecule is Cc1nc(C2(C(F)(F)F)CCCCC2)sc1C(O)C(F)(F)F. The van der Waals surface area contributed by atoms with Gasteiger partial charge in [-0.3, -0.25) is 0 Å². The van der Waals surface area contributed by atoms with Gasteiger partial charge < -0.3 is 5.11 Å². The van der Waals surface area contributed by atoms with Crippen LogP contribution in [0.5, 0.6) is 0 Å². The lowest BCUT2D eigenvalue weighted by Gasteiger charge is -2.37. The molecule has 1 aliphatic carbocycles. The van der Waals surface area contributed by atoms with Gasteiger partial charge in [-0.05, 0) is 19.8 Å². The van der Waals surface area contributed by atoms with Crippen molar-refractivity contribution in [1.29, 1.82) is 0 Å². The van der Waals surface area contributed by atoms with Gasteiger partial charge in [0, 0.05) is 0 Å². The third-order valence-corrected chi connectivity index (χ3v) is 5.46. The van der Waals surface area contributed by atoms with E-state index >= 15 is 0 Å². The van der Waals surface area contributed by atoms with Crippen LogP contribution in [0.25, 0.3) is 0 Å². The Kier molecular flexibility index (Phi) is 4.51. The van der Waals surface area contributed by atoms with Crippen molar-refractivity contribution in [2.45, 2.75) is 62.9 Å². The molecule has 0 spiro atoms. The summed E-state index contributed by atoms with van der Waals surface area (Å²) in [5.74, 6) is 0. The lowest BCUT2D eigenvalue weighted by Crippen LogP contribution is -2.43. The maximum absolute atomic E-state index is 13.5. The quantitative estimate of drug-likeness (QED) is 0.779. The molecule has 126 valence electrons. The fourth-order valence-corrected chi connectivity index (χ4v) is 4.13. The third-order valence-electron chi connectivity index (χ3n) is 4.05. The van der Waals surface area contributed by atoms with E-state index in [-0.39, 0.29) is 23.5 Å². The Balaban J connectivity index is 2.47. The van der Waals surface area contributed by atoms with E-state index in [0.29, 0.717) is 30.6 Å². The summed E-state index contributed by atoms with van der Waals surface area (Å²) in [7, 11) is 0. The predicted molar refractivity (Wildman–Crippen MR) is 68.7 cm³/mol. The van der Waals surface area contributed by atoms with Crippen LogP contribution in [0.1, 0.15) is 53.8 Å². The van der Waals surface area contributed by atoms with Crippen molar-refractivity contribution in [1.82, 2.24) is 4.98 Å².